The van der Waals surface area contributed by atoms with Crippen molar-refractivity contribution in [3.63, 3.8) is 0 Å². The number of nitrogens with two attached hydrogens (primary N) is 1. The molecule has 1 aromatic carbocycles. The Balaban J connectivity index is 1.85. The summed E-state index contributed by atoms with van der Waals surface area (Å²) in [6.07, 6.45) is 1.19. The predicted octanol–water partition coefficient (Wildman–Crippen LogP) is 2.46. The van der Waals surface area contributed by atoms with Crippen molar-refractivity contribution in [2.24, 2.45) is 5.41 Å². The Morgan fingerprint density at radius 1 is 1.19 bits per heavy atom. The van der Waals surface area contributed by atoms with Crippen molar-refractivity contribution in [2.45, 2.75) is 27.2 Å². The van der Waals surface area contributed by atoms with E-state index in [1.165, 1.54) is 6.42 Å². The number of hydrogen-bond donors (Lipinski definition) is 1. The number of anilines is 1. The summed E-state index contributed by atoms with van der Waals surface area (Å²) < 4.78 is 0. The highest BCUT2D eigenvalue weighted by molar-refractivity contribution is 5.95. The molecule has 0 unspecified atom stereocenters. The fourth-order valence-corrected chi connectivity index (χ4v) is 2.52. The van der Waals surface area contributed by atoms with E-state index < -0.39 is 0 Å². The van der Waals surface area contributed by atoms with Crippen LogP contribution in [0.4, 0.5) is 5.69 Å². The van der Waals surface area contributed by atoms with Gasteiger partial charge in [-0.05, 0) is 36.6 Å². The number of carbonyl (C=O) groups is 1. The van der Waals surface area contributed by atoms with Gasteiger partial charge < -0.3 is 10.6 Å². The zero-order chi connectivity index (χ0) is 15.5. The summed E-state index contributed by atoms with van der Waals surface area (Å²) in [5, 5.41) is 0. The van der Waals surface area contributed by atoms with Crippen LogP contribution in [0.15, 0.2) is 24.3 Å². The van der Waals surface area contributed by atoms with Gasteiger partial charge in [0, 0.05) is 37.4 Å². The molecule has 0 aliphatic carbocycles. The first-order valence-corrected chi connectivity index (χ1v) is 7.72. The van der Waals surface area contributed by atoms with Crippen LogP contribution in [0.1, 0.15) is 37.6 Å². The summed E-state index contributed by atoms with van der Waals surface area (Å²) >= 11 is 0. The Kier molecular flexibility index (Phi) is 4.88. The van der Waals surface area contributed by atoms with Crippen molar-refractivity contribution in [1.82, 2.24) is 9.80 Å². The molecule has 4 heteroatoms. The van der Waals surface area contributed by atoms with Gasteiger partial charge in [0.05, 0.1) is 0 Å². The van der Waals surface area contributed by atoms with E-state index in [2.05, 4.69) is 25.7 Å². The first-order valence-electron chi connectivity index (χ1n) is 7.72. The molecule has 1 aliphatic rings. The summed E-state index contributed by atoms with van der Waals surface area (Å²) in [6, 6.07) is 7.24. The SMILES string of the molecule is CC(C)(C)CCN1CCN(C(=O)c2cccc(N)c2)CC1. The molecule has 2 rings (SSSR count). The van der Waals surface area contributed by atoms with Gasteiger partial charge in [0.25, 0.3) is 5.91 Å². The predicted molar refractivity (Wildman–Crippen MR) is 87.3 cm³/mol. The molecule has 1 saturated heterocycles. The van der Waals surface area contributed by atoms with Crippen LogP contribution in [-0.4, -0.2) is 48.4 Å². The second-order valence-corrected chi connectivity index (χ2v) is 7.07. The fraction of sp³-hybridized carbons (Fsp3) is 0.588. The minimum atomic E-state index is 0.0952. The first-order chi connectivity index (χ1) is 9.85. The van der Waals surface area contributed by atoms with E-state index in [0.29, 0.717) is 16.7 Å². The van der Waals surface area contributed by atoms with Crippen LogP contribution in [-0.2, 0) is 0 Å². The summed E-state index contributed by atoms with van der Waals surface area (Å²) in [4.78, 5) is 16.8. The lowest BCUT2D eigenvalue weighted by molar-refractivity contribution is 0.0623. The van der Waals surface area contributed by atoms with Gasteiger partial charge >= 0.3 is 0 Å². The molecular weight excluding hydrogens is 262 g/mol. The maximum atomic E-state index is 12.4. The number of amides is 1. The first kappa shape index (κ1) is 15.8. The van der Waals surface area contributed by atoms with Crippen molar-refractivity contribution in [3.8, 4) is 0 Å². The molecule has 1 fully saturated rings. The number of rotatable bonds is 3. The molecule has 0 bridgehead atoms. The topological polar surface area (TPSA) is 49.6 Å². The second kappa shape index (κ2) is 6.48. The molecule has 0 saturated carbocycles. The Labute approximate surface area is 127 Å². The normalized spacial score (nSPS) is 17.0. The molecule has 1 heterocycles. The zero-order valence-corrected chi connectivity index (χ0v) is 13.4. The van der Waals surface area contributed by atoms with Gasteiger partial charge in [-0.25, -0.2) is 0 Å². The number of benzene rings is 1. The van der Waals surface area contributed by atoms with Crippen LogP contribution in [0.2, 0.25) is 0 Å². The molecule has 1 amide bonds. The van der Waals surface area contributed by atoms with Crippen LogP contribution >= 0.6 is 0 Å². The minimum absolute atomic E-state index is 0.0952. The van der Waals surface area contributed by atoms with Gasteiger partial charge in [-0.15, -0.1) is 0 Å². The van der Waals surface area contributed by atoms with Gasteiger partial charge in [-0.2, -0.15) is 0 Å². The molecule has 0 atom stereocenters. The van der Waals surface area contributed by atoms with Crippen molar-refractivity contribution in [1.29, 1.82) is 0 Å². The van der Waals surface area contributed by atoms with E-state index in [9.17, 15) is 4.79 Å². The summed E-state index contributed by atoms with van der Waals surface area (Å²) in [5.74, 6) is 0.0952. The quantitative estimate of drug-likeness (QED) is 0.870. The van der Waals surface area contributed by atoms with E-state index in [4.69, 9.17) is 5.73 Å². The number of nitrogens with zero attached hydrogens (tertiary/aromatic N) is 2. The lowest BCUT2D eigenvalue weighted by Crippen LogP contribution is -2.49. The summed E-state index contributed by atoms with van der Waals surface area (Å²) in [7, 11) is 0. The Bertz CT molecular complexity index is 485. The van der Waals surface area contributed by atoms with Gasteiger partial charge in [0.1, 0.15) is 0 Å². The third kappa shape index (κ3) is 4.74. The zero-order valence-electron chi connectivity index (χ0n) is 13.4. The van der Waals surface area contributed by atoms with Crippen molar-refractivity contribution >= 4 is 11.6 Å². The highest BCUT2D eigenvalue weighted by atomic mass is 16.2. The van der Waals surface area contributed by atoms with Gasteiger partial charge in [-0.3, -0.25) is 9.69 Å². The smallest absolute Gasteiger partial charge is 0.254 e. The third-order valence-electron chi connectivity index (χ3n) is 3.97. The van der Waals surface area contributed by atoms with Crippen LogP contribution in [0.3, 0.4) is 0 Å². The van der Waals surface area contributed by atoms with Crippen molar-refractivity contribution in [2.75, 3.05) is 38.5 Å². The van der Waals surface area contributed by atoms with E-state index >= 15 is 0 Å². The van der Waals surface area contributed by atoms with E-state index in [1.54, 1.807) is 12.1 Å². The number of hydrogen-bond acceptors (Lipinski definition) is 3. The van der Waals surface area contributed by atoms with E-state index in [0.717, 1.165) is 32.7 Å². The number of carbonyl (C=O) groups excluding carboxylic acids is 1. The van der Waals surface area contributed by atoms with Crippen LogP contribution in [0, 0.1) is 5.41 Å². The Morgan fingerprint density at radius 2 is 1.86 bits per heavy atom. The highest BCUT2D eigenvalue weighted by Crippen LogP contribution is 2.19. The second-order valence-electron chi connectivity index (χ2n) is 7.07. The molecule has 2 N–H and O–H groups in total. The maximum Gasteiger partial charge on any atom is 0.254 e. The summed E-state index contributed by atoms with van der Waals surface area (Å²) in [6.45, 7) is 11.5. The maximum absolute atomic E-state index is 12.4. The lowest BCUT2D eigenvalue weighted by Gasteiger charge is -2.36. The van der Waals surface area contributed by atoms with E-state index in [1.807, 2.05) is 17.0 Å². The molecular formula is C17H27N3O. The van der Waals surface area contributed by atoms with E-state index in [-0.39, 0.29) is 5.91 Å². The monoisotopic (exact) mass is 289 g/mol. The molecule has 0 radical (unpaired) electrons. The molecule has 21 heavy (non-hydrogen) atoms. The molecule has 1 aliphatic heterocycles. The fourth-order valence-electron chi connectivity index (χ4n) is 2.52. The molecule has 0 spiro atoms. The standard InChI is InChI=1S/C17H27N3O/c1-17(2,3)7-8-19-9-11-20(12-10-19)16(21)14-5-4-6-15(18)13-14/h4-6,13H,7-12,18H2,1-3H3. The van der Waals surface area contributed by atoms with Crippen molar-refractivity contribution < 1.29 is 4.79 Å². The van der Waals surface area contributed by atoms with Gasteiger partial charge in [0.15, 0.2) is 0 Å². The lowest BCUT2D eigenvalue weighted by atomic mass is 9.92. The molecule has 0 aromatic heterocycles. The van der Waals surface area contributed by atoms with Crippen LogP contribution in [0.5, 0.6) is 0 Å². The molecule has 1 aromatic rings. The third-order valence-corrected chi connectivity index (χ3v) is 3.97. The number of piperazine rings is 1. The Hall–Kier alpha value is -1.55. The molecule has 4 nitrogen and oxygen atoms in total. The van der Waals surface area contributed by atoms with Crippen LogP contribution in [0.25, 0.3) is 0 Å². The largest absolute Gasteiger partial charge is 0.399 e. The average Bonchev–Trinajstić information content (AvgIpc) is 2.44. The van der Waals surface area contributed by atoms with Gasteiger partial charge in [-0.1, -0.05) is 26.8 Å². The average molecular weight is 289 g/mol. The Morgan fingerprint density at radius 3 is 2.43 bits per heavy atom. The minimum Gasteiger partial charge on any atom is -0.399 e. The van der Waals surface area contributed by atoms with Crippen molar-refractivity contribution in [3.05, 3.63) is 29.8 Å². The molecule has 116 valence electrons. The van der Waals surface area contributed by atoms with Gasteiger partial charge in [0.2, 0.25) is 0 Å². The van der Waals surface area contributed by atoms with Crippen LogP contribution < -0.4 is 5.73 Å². The number of nitrogen functional groups attached to an aromatic ring is 1. The highest BCUT2D eigenvalue weighted by Gasteiger charge is 2.23. The summed E-state index contributed by atoms with van der Waals surface area (Å²) in [5.41, 5.74) is 7.45.